The second-order valence-electron chi connectivity index (χ2n) is 6.30. The number of hydrogen-bond donors (Lipinski definition) is 2. The van der Waals surface area contributed by atoms with E-state index in [9.17, 15) is 8.78 Å². The van der Waals surface area contributed by atoms with Gasteiger partial charge in [0.25, 0.3) is 5.92 Å². The minimum Gasteiger partial charge on any atom is -0.493 e. The summed E-state index contributed by atoms with van der Waals surface area (Å²) in [7, 11) is 0. The molecule has 1 fully saturated rings. The zero-order valence-electron chi connectivity index (χ0n) is 13.1. The molecule has 0 bridgehead atoms. The highest BCUT2D eigenvalue weighted by Gasteiger charge is 2.41. The first-order valence-corrected chi connectivity index (χ1v) is 8.22. The third-order valence-electron chi connectivity index (χ3n) is 4.67. The Kier molecular flexibility index (Phi) is 4.68. The summed E-state index contributed by atoms with van der Waals surface area (Å²) in [6, 6.07) is 7.77. The number of benzene rings is 1. The fourth-order valence-electron chi connectivity index (χ4n) is 3.32. The van der Waals surface area contributed by atoms with Crippen LogP contribution >= 0.6 is 0 Å². The SMILES string of the molecule is NC(=NCC1CCCCC1(F)F)NC1CCOc2ccccc21. The van der Waals surface area contributed by atoms with E-state index in [2.05, 4.69) is 10.3 Å². The Morgan fingerprint density at radius 3 is 2.96 bits per heavy atom. The summed E-state index contributed by atoms with van der Waals surface area (Å²) in [4.78, 5) is 4.17. The molecule has 6 heteroatoms. The van der Waals surface area contributed by atoms with Crippen LogP contribution in [0.1, 0.15) is 43.7 Å². The van der Waals surface area contributed by atoms with E-state index < -0.39 is 11.8 Å². The van der Waals surface area contributed by atoms with Crippen LogP contribution in [0.4, 0.5) is 8.78 Å². The summed E-state index contributed by atoms with van der Waals surface area (Å²) >= 11 is 0. The van der Waals surface area contributed by atoms with E-state index in [4.69, 9.17) is 10.5 Å². The Balaban J connectivity index is 1.62. The van der Waals surface area contributed by atoms with Crippen molar-refractivity contribution in [3.8, 4) is 5.75 Å². The lowest BCUT2D eigenvalue weighted by molar-refractivity contribution is -0.0814. The number of hydrogen-bond acceptors (Lipinski definition) is 2. The van der Waals surface area contributed by atoms with Crippen molar-refractivity contribution in [2.45, 2.75) is 44.1 Å². The maximum absolute atomic E-state index is 13.8. The van der Waals surface area contributed by atoms with Crippen molar-refractivity contribution in [1.82, 2.24) is 5.32 Å². The Morgan fingerprint density at radius 2 is 2.13 bits per heavy atom. The van der Waals surface area contributed by atoms with E-state index in [1.54, 1.807) is 0 Å². The van der Waals surface area contributed by atoms with Crippen LogP contribution in [0.2, 0.25) is 0 Å². The summed E-state index contributed by atoms with van der Waals surface area (Å²) in [6.45, 7) is 0.680. The zero-order valence-corrected chi connectivity index (χ0v) is 13.1. The topological polar surface area (TPSA) is 59.6 Å². The number of nitrogens with zero attached hydrogens (tertiary/aromatic N) is 1. The molecular formula is C17H23F2N3O. The van der Waals surface area contributed by atoms with Gasteiger partial charge in [0.2, 0.25) is 0 Å². The fraction of sp³-hybridized carbons (Fsp3) is 0.588. The van der Waals surface area contributed by atoms with Gasteiger partial charge in [-0.25, -0.2) is 8.78 Å². The predicted octanol–water partition coefficient (Wildman–Crippen LogP) is 3.24. The van der Waals surface area contributed by atoms with Crippen LogP contribution in [-0.4, -0.2) is 25.0 Å². The number of para-hydroxylation sites is 1. The number of nitrogens with two attached hydrogens (primary N) is 1. The molecule has 3 rings (SSSR count). The average molecular weight is 323 g/mol. The smallest absolute Gasteiger partial charge is 0.252 e. The van der Waals surface area contributed by atoms with Gasteiger partial charge in [0.1, 0.15) is 5.75 Å². The molecule has 1 aliphatic carbocycles. The molecule has 0 saturated heterocycles. The monoisotopic (exact) mass is 323 g/mol. The summed E-state index contributed by atoms with van der Waals surface area (Å²) in [5.74, 6) is -2.25. The summed E-state index contributed by atoms with van der Waals surface area (Å²) in [5, 5.41) is 3.14. The summed E-state index contributed by atoms with van der Waals surface area (Å²) in [6.07, 6.45) is 2.70. The van der Waals surface area contributed by atoms with Gasteiger partial charge < -0.3 is 15.8 Å². The Labute approximate surface area is 135 Å². The summed E-state index contributed by atoms with van der Waals surface area (Å²) < 4.78 is 33.3. The van der Waals surface area contributed by atoms with Crippen LogP contribution in [0, 0.1) is 5.92 Å². The molecule has 23 heavy (non-hydrogen) atoms. The molecule has 1 heterocycles. The number of guanidine groups is 1. The average Bonchev–Trinajstić information content (AvgIpc) is 2.54. The molecule has 0 amide bonds. The van der Waals surface area contributed by atoms with Crippen LogP contribution in [0.5, 0.6) is 5.75 Å². The first-order valence-electron chi connectivity index (χ1n) is 8.22. The van der Waals surface area contributed by atoms with Crippen LogP contribution < -0.4 is 15.8 Å². The van der Waals surface area contributed by atoms with Gasteiger partial charge in [-0.3, -0.25) is 4.99 Å². The molecule has 126 valence electrons. The molecule has 0 aromatic heterocycles. The van der Waals surface area contributed by atoms with Crippen LogP contribution in [0.3, 0.4) is 0 Å². The number of aliphatic imine (C=N–C) groups is 1. The molecular weight excluding hydrogens is 300 g/mol. The van der Waals surface area contributed by atoms with Gasteiger partial charge in [-0.2, -0.15) is 0 Å². The van der Waals surface area contributed by atoms with Gasteiger partial charge in [-0.1, -0.05) is 24.6 Å². The molecule has 2 aliphatic rings. The first kappa shape index (κ1) is 16.0. The number of fused-ring (bicyclic) bond motifs is 1. The molecule has 4 nitrogen and oxygen atoms in total. The molecule has 1 aromatic rings. The molecule has 1 aliphatic heterocycles. The molecule has 0 radical (unpaired) electrons. The number of halogens is 2. The van der Waals surface area contributed by atoms with Crippen molar-refractivity contribution in [3.63, 3.8) is 0 Å². The highest BCUT2D eigenvalue weighted by atomic mass is 19.3. The van der Waals surface area contributed by atoms with Crippen molar-refractivity contribution in [2.75, 3.05) is 13.2 Å². The van der Waals surface area contributed by atoms with Crippen molar-refractivity contribution in [2.24, 2.45) is 16.6 Å². The van der Waals surface area contributed by atoms with E-state index in [-0.39, 0.29) is 25.0 Å². The molecule has 2 atom stereocenters. The van der Waals surface area contributed by atoms with Crippen LogP contribution in [0.15, 0.2) is 29.3 Å². The second-order valence-corrected chi connectivity index (χ2v) is 6.30. The van der Waals surface area contributed by atoms with Gasteiger partial charge in [0.15, 0.2) is 5.96 Å². The first-order chi connectivity index (χ1) is 11.1. The van der Waals surface area contributed by atoms with E-state index in [1.165, 1.54) is 0 Å². The lowest BCUT2D eigenvalue weighted by atomic mass is 9.86. The third kappa shape index (κ3) is 3.74. The molecule has 1 saturated carbocycles. The van der Waals surface area contributed by atoms with Crippen LogP contribution in [0.25, 0.3) is 0 Å². The van der Waals surface area contributed by atoms with Crippen LogP contribution in [-0.2, 0) is 0 Å². The highest BCUT2D eigenvalue weighted by molar-refractivity contribution is 5.78. The van der Waals surface area contributed by atoms with Gasteiger partial charge in [0.05, 0.1) is 19.2 Å². The van der Waals surface area contributed by atoms with Gasteiger partial charge in [-0.05, 0) is 18.9 Å². The second kappa shape index (κ2) is 6.72. The lowest BCUT2D eigenvalue weighted by Gasteiger charge is -2.30. The number of ether oxygens (including phenoxy) is 1. The quantitative estimate of drug-likeness (QED) is 0.663. The minimum absolute atomic E-state index is 0.00978. The van der Waals surface area contributed by atoms with Crippen molar-refractivity contribution in [1.29, 1.82) is 0 Å². The zero-order chi connectivity index (χ0) is 16.3. The van der Waals surface area contributed by atoms with E-state index in [1.807, 2.05) is 24.3 Å². The lowest BCUT2D eigenvalue weighted by Crippen LogP contribution is -2.39. The molecule has 2 unspecified atom stereocenters. The summed E-state index contributed by atoms with van der Waals surface area (Å²) in [5.41, 5.74) is 6.95. The largest absolute Gasteiger partial charge is 0.493 e. The maximum Gasteiger partial charge on any atom is 0.252 e. The Hall–Kier alpha value is -1.85. The molecule has 1 aromatic carbocycles. The van der Waals surface area contributed by atoms with Crippen molar-refractivity contribution < 1.29 is 13.5 Å². The Bertz CT molecular complexity index is 577. The normalized spacial score (nSPS) is 27.0. The van der Waals surface area contributed by atoms with Gasteiger partial charge in [-0.15, -0.1) is 0 Å². The third-order valence-corrected chi connectivity index (χ3v) is 4.67. The number of alkyl halides is 2. The number of rotatable bonds is 3. The molecule has 3 N–H and O–H groups in total. The van der Waals surface area contributed by atoms with Crippen molar-refractivity contribution >= 4 is 5.96 Å². The highest BCUT2D eigenvalue weighted by Crippen LogP contribution is 2.38. The van der Waals surface area contributed by atoms with Crippen molar-refractivity contribution in [3.05, 3.63) is 29.8 Å². The maximum atomic E-state index is 13.8. The predicted molar refractivity (Wildman–Crippen MR) is 85.8 cm³/mol. The van der Waals surface area contributed by atoms with E-state index in [0.29, 0.717) is 19.4 Å². The molecule has 0 spiro atoms. The minimum atomic E-state index is -2.62. The van der Waals surface area contributed by atoms with Gasteiger partial charge in [0, 0.05) is 24.3 Å². The van der Waals surface area contributed by atoms with E-state index in [0.717, 1.165) is 24.2 Å². The Morgan fingerprint density at radius 1 is 1.30 bits per heavy atom. The van der Waals surface area contributed by atoms with Gasteiger partial charge >= 0.3 is 0 Å². The van der Waals surface area contributed by atoms with E-state index >= 15 is 0 Å². The standard InChI is InChI=1S/C17H23F2N3O/c18-17(19)9-4-3-5-12(17)11-21-16(20)22-14-8-10-23-15-7-2-1-6-13(14)15/h1-2,6-7,12,14H,3-5,8-11H2,(H3,20,21,22). The fourth-order valence-corrected chi connectivity index (χ4v) is 3.32. The number of nitrogens with one attached hydrogen (secondary N) is 1.